The molecule has 2 bridgehead atoms. The fourth-order valence-corrected chi connectivity index (χ4v) is 5.05. The minimum absolute atomic E-state index is 0.118. The molecule has 118 valence electrons. The van der Waals surface area contributed by atoms with Crippen LogP contribution in [0.4, 0.5) is 0 Å². The number of carbonyl (C=O) groups is 3. The lowest BCUT2D eigenvalue weighted by molar-refractivity contribution is -0.155. The highest BCUT2D eigenvalue weighted by Gasteiger charge is 2.67. The maximum Gasteiger partial charge on any atom is 0.326 e. The fourth-order valence-electron chi connectivity index (χ4n) is 5.05. The summed E-state index contributed by atoms with van der Waals surface area (Å²) in [5, 5.41) is 9.50. The average molecular weight is 303 g/mol. The number of carboxylic acids is 1. The van der Waals surface area contributed by atoms with Gasteiger partial charge in [-0.3, -0.25) is 14.5 Å². The van der Waals surface area contributed by atoms with Crippen LogP contribution in [0.2, 0.25) is 0 Å². The van der Waals surface area contributed by atoms with Crippen molar-refractivity contribution in [2.75, 3.05) is 0 Å². The summed E-state index contributed by atoms with van der Waals surface area (Å²) in [6.07, 6.45) is 5.64. The largest absolute Gasteiger partial charge is 0.480 e. The Morgan fingerprint density at radius 1 is 1.18 bits per heavy atom. The first-order valence-electron chi connectivity index (χ1n) is 8.20. The van der Waals surface area contributed by atoms with Crippen molar-refractivity contribution in [2.45, 2.75) is 32.7 Å². The SMILES string of the molecule is CC(C)C[C@@H](C(=O)O)N1C(=O)[C@@H]2[C@@H]3C=C[C@H]([C@H]4C[C@H]34)[C@@H]2C1=O. The molecule has 5 rings (SSSR count). The molecule has 5 nitrogen and oxygen atoms in total. The van der Waals surface area contributed by atoms with Gasteiger partial charge in [-0.25, -0.2) is 4.79 Å². The van der Waals surface area contributed by atoms with Crippen molar-refractivity contribution in [2.24, 2.45) is 41.4 Å². The summed E-state index contributed by atoms with van der Waals surface area (Å²) < 4.78 is 0. The Morgan fingerprint density at radius 2 is 1.68 bits per heavy atom. The number of amides is 2. The van der Waals surface area contributed by atoms with Gasteiger partial charge in [0.15, 0.2) is 0 Å². The molecule has 5 heteroatoms. The van der Waals surface area contributed by atoms with Crippen LogP contribution in [0.1, 0.15) is 26.7 Å². The lowest BCUT2D eigenvalue weighted by Gasteiger charge is -2.37. The number of rotatable bonds is 4. The molecule has 2 amide bonds. The van der Waals surface area contributed by atoms with Crippen LogP contribution in [0, 0.1) is 41.4 Å². The first-order valence-corrected chi connectivity index (χ1v) is 8.20. The van der Waals surface area contributed by atoms with Gasteiger partial charge in [0.05, 0.1) is 11.8 Å². The molecule has 5 aliphatic rings. The van der Waals surface area contributed by atoms with Gasteiger partial charge in [0, 0.05) is 0 Å². The van der Waals surface area contributed by atoms with E-state index in [0.717, 1.165) is 11.3 Å². The molecule has 0 aromatic carbocycles. The van der Waals surface area contributed by atoms with Crippen LogP contribution in [0.25, 0.3) is 0 Å². The second-order valence-corrected chi connectivity index (χ2v) is 7.68. The summed E-state index contributed by atoms with van der Waals surface area (Å²) in [5.41, 5.74) is 0. The highest BCUT2D eigenvalue weighted by atomic mass is 16.4. The summed E-state index contributed by atoms with van der Waals surface area (Å²) in [7, 11) is 0. The minimum Gasteiger partial charge on any atom is -0.480 e. The summed E-state index contributed by atoms with van der Waals surface area (Å²) in [6, 6.07) is -1.01. The van der Waals surface area contributed by atoms with Crippen LogP contribution >= 0.6 is 0 Å². The van der Waals surface area contributed by atoms with E-state index in [-0.39, 0.29) is 41.4 Å². The Balaban J connectivity index is 1.68. The summed E-state index contributed by atoms with van der Waals surface area (Å²) in [5.74, 6) is -0.666. The van der Waals surface area contributed by atoms with Crippen molar-refractivity contribution in [3.63, 3.8) is 0 Å². The molecule has 7 atom stereocenters. The van der Waals surface area contributed by atoms with Crippen LogP contribution in [0.5, 0.6) is 0 Å². The molecular formula is C17H21NO4. The van der Waals surface area contributed by atoms with Crippen LogP contribution < -0.4 is 0 Å². The van der Waals surface area contributed by atoms with Crippen molar-refractivity contribution < 1.29 is 19.5 Å². The van der Waals surface area contributed by atoms with Crippen molar-refractivity contribution >= 4 is 17.8 Å². The number of hydrogen-bond acceptors (Lipinski definition) is 3. The van der Waals surface area contributed by atoms with Crippen molar-refractivity contribution in [3.8, 4) is 0 Å². The Kier molecular flexibility index (Phi) is 2.81. The predicted molar refractivity (Wildman–Crippen MR) is 77.4 cm³/mol. The number of aliphatic carboxylic acids is 1. The maximum atomic E-state index is 12.8. The Hall–Kier alpha value is -1.65. The second kappa shape index (κ2) is 4.43. The molecule has 0 aromatic rings. The molecule has 0 radical (unpaired) electrons. The molecule has 3 fully saturated rings. The van der Waals surface area contributed by atoms with Crippen molar-refractivity contribution in [3.05, 3.63) is 12.2 Å². The molecule has 1 heterocycles. The number of likely N-dealkylation sites (tertiary alicyclic amines) is 1. The van der Waals surface area contributed by atoms with Gasteiger partial charge in [0.25, 0.3) is 0 Å². The number of carboxylic acid groups (broad SMARTS) is 1. The van der Waals surface area contributed by atoms with E-state index in [4.69, 9.17) is 0 Å². The Labute approximate surface area is 129 Å². The van der Waals surface area contributed by atoms with Crippen molar-refractivity contribution in [1.82, 2.24) is 4.90 Å². The fraction of sp³-hybridized carbons (Fsp3) is 0.706. The monoisotopic (exact) mass is 303 g/mol. The van der Waals surface area contributed by atoms with E-state index in [9.17, 15) is 19.5 Å². The molecule has 2 saturated carbocycles. The molecule has 22 heavy (non-hydrogen) atoms. The molecule has 1 saturated heterocycles. The van der Waals surface area contributed by atoms with Crippen LogP contribution in [0.3, 0.4) is 0 Å². The lowest BCUT2D eigenvalue weighted by atomic mass is 9.63. The van der Waals surface area contributed by atoms with Crippen molar-refractivity contribution in [1.29, 1.82) is 0 Å². The zero-order valence-corrected chi connectivity index (χ0v) is 12.8. The molecule has 0 unspecified atom stereocenters. The molecule has 4 aliphatic carbocycles. The first-order chi connectivity index (χ1) is 10.4. The molecule has 1 N–H and O–H groups in total. The molecular weight excluding hydrogens is 282 g/mol. The topological polar surface area (TPSA) is 74.7 Å². The normalized spacial score (nSPS) is 42.6. The lowest BCUT2D eigenvalue weighted by Crippen LogP contribution is -2.46. The number of hydrogen-bond donors (Lipinski definition) is 1. The van der Waals surface area contributed by atoms with E-state index in [0.29, 0.717) is 18.3 Å². The van der Waals surface area contributed by atoms with Crippen LogP contribution in [-0.2, 0) is 14.4 Å². The first kappa shape index (κ1) is 14.0. The highest BCUT2D eigenvalue weighted by Crippen LogP contribution is 2.65. The second-order valence-electron chi connectivity index (χ2n) is 7.68. The minimum atomic E-state index is -1.07. The van der Waals surface area contributed by atoms with Gasteiger partial charge >= 0.3 is 5.97 Å². The predicted octanol–water partition coefficient (Wildman–Crippen LogP) is 1.54. The van der Waals surface area contributed by atoms with Gasteiger partial charge in [0.1, 0.15) is 6.04 Å². The van der Waals surface area contributed by atoms with Gasteiger partial charge in [-0.15, -0.1) is 0 Å². The highest BCUT2D eigenvalue weighted by molar-refractivity contribution is 6.08. The number of imide groups is 1. The quantitative estimate of drug-likeness (QED) is 0.631. The van der Waals surface area contributed by atoms with E-state index in [1.165, 1.54) is 0 Å². The average Bonchev–Trinajstić information content (AvgIpc) is 3.22. The van der Waals surface area contributed by atoms with E-state index in [1.807, 2.05) is 13.8 Å². The zero-order valence-electron chi connectivity index (χ0n) is 12.8. The van der Waals surface area contributed by atoms with E-state index in [1.54, 1.807) is 0 Å². The number of nitrogens with zero attached hydrogens (tertiary/aromatic N) is 1. The molecule has 0 spiro atoms. The van der Waals surface area contributed by atoms with E-state index < -0.39 is 12.0 Å². The summed E-state index contributed by atoms with van der Waals surface area (Å²) in [6.45, 7) is 3.82. The molecule has 0 aromatic heterocycles. The third kappa shape index (κ3) is 1.68. The molecule has 1 aliphatic heterocycles. The maximum absolute atomic E-state index is 12.8. The zero-order chi connectivity index (χ0) is 15.8. The van der Waals surface area contributed by atoms with E-state index in [2.05, 4.69) is 12.2 Å². The van der Waals surface area contributed by atoms with Gasteiger partial charge < -0.3 is 5.11 Å². The number of carbonyl (C=O) groups excluding carboxylic acids is 2. The standard InChI is InChI=1S/C17H21NO4/c1-7(2)5-12(17(21)22)18-15(19)13-8-3-4-9(11-6-10(8)11)14(13)16(18)20/h3-4,7-14H,5-6H2,1-2H3,(H,21,22)/t8-,9-,10-,11-,12+,13-,14+/m1/s1. The van der Waals surface area contributed by atoms with Gasteiger partial charge in [-0.05, 0) is 42.4 Å². The van der Waals surface area contributed by atoms with Gasteiger partial charge in [0.2, 0.25) is 11.8 Å². The number of allylic oxidation sites excluding steroid dienone is 2. The summed E-state index contributed by atoms with van der Waals surface area (Å²) in [4.78, 5) is 38.4. The smallest absolute Gasteiger partial charge is 0.326 e. The Bertz CT molecular complexity index is 559. The van der Waals surface area contributed by atoms with Crippen LogP contribution in [0.15, 0.2) is 12.2 Å². The van der Waals surface area contributed by atoms with Gasteiger partial charge in [-0.1, -0.05) is 26.0 Å². The van der Waals surface area contributed by atoms with Gasteiger partial charge in [-0.2, -0.15) is 0 Å². The van der Waals surface area contributed by atoms with Crippen LogP contribution in [-0.4, -0.2) is 33.8 Å². The van der Waals surface area contributed by atoms with E-state index >= 15 is 0 Å². The summed E-state index contributed by atoms with van der Waals surface area (Å²) >= 11 is 0. The Morgan fingerprint density at radius 3 is 2.09 bits per heavy atom. The third-order valence-electron chi connectivity index (χ3n) is 5.99. The third-order valence-corrected chi connectivity index (χ3v) is 5.99.